The zero-order valence-electron chi connectivity index (χ0n) is 15.4. The van der Waals surface area contributed by atoms with Crippen molar-refractivity contribution in [2.75, 3.05) is 46.9 Å². The molecule has 1 saturated heterocycles. The van der Waals surface area contributed by atoms with Gasteiger partial charge in [0.1, 0.15) is 11.5 Å². The van der Waals surface area contributed by atoms with Crippen LogP contribution in [-0.2, 0) is 11.3 Å². The molecule has 1 aromatic carbocycles. The third-order valence-corrected chi connectivity index (χ3v) is 4.04. The second-order valence-corrected chi connectivity index (χ2v) is 5.57. The molecule has 1 aromatic rings. The van der Waals surface area contributed by atoms with E-state index in [0.29, 0.717) is 45.1 Å². The van der Waals surface area contributed by atoms with Gasteiger partial charge in [0, 0.05) is 45.3 Å². The van der Waals surface area contributed by atoms with E-state index >= 15 is 0 Å². The molecule has 0 atom stereocenters. The van der Waals surface area contributed by atoms with Crippen LogP contribution in [0, 0.1) is 0 Å². The molecule has 146 valence electrons. The van der Waals surface area contributed by atoms with Gasteiger partial charge in [0.15, 0.2) is 5.96 Å². The molecule has 0 aliphatic carbocycles. The lowest BCUT2D eigenvalue weighted by molar-refractivity contribution is 0.0914. The summed E-state index contributed by atoms with van der Waals surface area (Å²) in [5, 5.41) is 13.2. The highest BCUT2D eigenvalue weighted by molar-refractivity contribution is 14.0. The third-order valence-electron chi connectivity index (χ3n) is 4.04. The first-order chi connectivity index (χ1) is 12.1. The highest BCUT2D eigenvalue weighted by Gasteiger charge is 2.23. The van der Waals surface area contributed by atoms with Crippen LogP contribution in [0.15, 0.2) is 23.2 Å². The van der Waals surface area contributed by atoms with Crippen molar-refractivity contribution in [1.82, 2.24) is 15.1 Å². The molecule has 0 aromatic heterocycles. The number of aliphatic imine (C=N–C) groups is 1. The van der Waals surface area contributed by atoms with E-state index in [1.807, 2.05) is 0 Å². The Morgan fingerprint density at radius 2 is 1.92 bits per heavy atom. The number of ether oxygens (including phenoxy) is 2. The Kier molecular flexibility index (Phi) is 9.31. The van der Waals surface area contributed by atoms with Crippen LogP contribution in [0.2, 0.25) is 0 Å². The van der Waals surface area contributed by atoms with Gasteiger partial charge in [-0.1, -0.05) is 0 Å². The zero-order chi connectivity index (χ0) is 18.2. The summed E-state index contributed by atoms with van der Waals surface area (Å²) in [4.78, 5) is 19.8. The standard InChI is InChI=1S/C17H26N4O4.HI/c1-4-25-17(23)21-9-7-20(8-10-21)16(18-2)19-12-13-11-14(24-3)5-6-15(13)22;/h5-6,11,22H,4,7-10,12H2,1-3H3,(H,18,19);1H. The summed E-state index contributed by atoms with van der Waals surface area (Å²) in [5.74, 6) is 1.62. The van der Waals surface area contributed by atoms with E-state index in [-0.39, 0.29) is 35.8 Å². The van der Waals surface area contributed by atoms with Crippen molar-refractivity contribution < 1.29 is 19.4 Å². The van der Waals surface area contributed by atoms with E-state index in [0.717, 1.165) is 11.5 Å². The molecular weight excluding hydrogens is 451 g/mol. The van der Waals surface area contributed by atoms with E-state index in [9.17, 15) is 9.90 Å². The molecule has 1 heterocycles. The van der Waals surface area contributed by atoms with Crippen molar-refractivity contribution >= 4 is 36.0 Å². The van der Waals surface area contributed by atoms with Crippen LogP contribution < -0.4 is 10.1 Å². The maximum absolute atomic E-state index is 11.8. The summed E-state index contributed by atoms with van der Waals surface area (Å²) in [6.07, 6.45) is -0.272. The fourth-order valence-electron chi connectivity index (χ4n) is 2.65. The van der Waals surface area contributed by atoms with Gasteiger partial charge in [0.05, 0.1) is 13.7 Å². The van der Waals surface area contributed by atoms with Gasteiger partial charge in [-0.25, -0.2) is 4.79 Å². The molecule has 0 saturated carbocycles. The second-order valence-electron chi connectivity index (χ2n) is 5.57. The van der Waals surface area contributed by atoms with Gasteiger partial charge >= 0.3 is 6.09 Å². The van der Waals surface area contributed by atoms with Crippen molar-refractivity contribution in [3.63, 3.8) is 0 Å². The second kappa shape index (κ2) is 10.9. The SMILES string of the molecule is CCOC(=O)N1CCN(C(=NC)NCc2cc(OC)ccc2O)CC1.I. The van der Waals surface area contributed by atoms with E-state index in [2.05, 4.69) is 15.2 Å². The molecule has 8 nitrogen and oxygen atoms in total. The lowest BCUT2D eigenvalue weighted by Crippen LogP contribution is -2.53. The van der Waals surface area contributed by atoms with Crippen LogP contribution in [0.4, 0.5) is 4.79 Å². The van der Waals surface area contributed by atoms with Crippen LogP contribution >= 0.6 is 24.0 Å². The Morgan fingerprint density at radius 3 is 2.50 bits per heavy atom. The number of phenolic OH excluding ortho intramolecular Hbond substituents is 1. The van der Waals surface area contributed by atoms with E-state index < -0.39 is 0 Å². The topological polar surface area (TPSA) is 86.6 Å². The van der Waals surface area contributed by atoms with Crippen molar-refractivity contribution in [1.29, 1.82) is 0 Å². The number of nitrogens with one attached hydrogen (secondary N) is 1. The molecule has 0 radical (unpaired) electrons. The lowest BCUT2D eigenvalue weighted by Gasteiger charge is -2.35. The van der Waals surface area contributed by atoms with Gasteiger partial charge in [-0.3, -0.25) is 4.99 Å². The number of guanidine groups is 1. The lowest BCUT2D eigenvalue weighted by atomic mass is 10.2. The van der Waals surface area contributed by atoms with Gasteiger partial charge in [-0.15, -0.1) is 24.0 Å². The Bertz CT molecular complexity index is 619. The van der Waals surface area contributed by atoms with Crippen LogP contribution in [0.25, 0.3) is 0 Å². The van der Waals surface area contributed by atoms with Gasteiger partial charge in [0.25, 0.3) is 0 Å². The number of benzene rings is 1. The number of nitrogens with zero attached hydrogens (tertiary/aromatic N) is 3. The monoisotopic (exact) mass is 478 g/mol. The predicted molar refractivity (Wildman–Crippen MR) is 110 cm³/mol. The fourth-order valence-corrected chi connectivity index (χ4v) is 2.65. The molecule has 0 unspecified atom stereocenters. The summed E-state index contributed by atoms with van der Waals surface area (Å²) in [6.45, 7) is 5.12. The van der Waals surface area contributed by atoms with Gasteiger partial charge in [0.2, 0.25) is 0 Å². The fraction of sp³-hybridized carbons (Fsp3) is 0.529. The number of rotatable bonds is 4. The van der Waals surface area contributed by atoms with Gasteiger partial charge in [-0.2, -0.15) is 0 Å². The van der Waals surface area contributed by atoms with E-state index in [4.69, 9.17) is 9.47 Å². The predicted octanol–water partition coefficient (Wildman–Crippen LogP) is 1.87. The minimum absolute atomic E-state index is 0. The number of piperazine rings is 1. The Labute approximate surface area is 171 Å². The van der Waals surface area contributed by atoms with Crippen LogP contribution in [-0.4, -0.2) is 73.9 Å². The number of carbonyl (C=O) groups is 1. The molecule has 0 spiro atoms. The minimum atomic E-state index is -0.272. The highest BCUT2D eigenvalue weighted by atomic mass is 127. The molecule has 1 fully saturated rings. The molecular formula is C17H27IN4O4. The van der Waals surface area contributed by atoms with Crippen molar-refractivity contribution in [3.8, 4) is 11.5 Å². The molecule has 2 N–H and O–H groups in total. The summed E-state index contributed by atoms with van der Waals surface area (Å²) in [5.41, 5.74) is 0.727. The molecule has 1 amide bonds. The van der Waals surface area contributed by atoms with Crippen LogP contribution in [0.3, 0.4) is 0 Å². The average Bonchev–Trinajstić information content (AvgIpc) is 2.64. The molecule has 9 heteroatoms. The quantitative estimate of drug-likeness (QED) is 0.391. The van der Waals surface area contributed by atoms with Crippen molar-refractivity contribution in [3.05, 3.63) is 23.8 Å². The van der Waals surface area contributed by atoms with Crippen molar-refractivity contribution in [2.45, 2.75) is 13.5 Å². The van der Waals surface area contributed by atoms with Gasteiger partial charge < -0.3 is 29.7 Å². The number of halogens is 1. The number of methoxy groups -OCH3 is 1. The number of aromatic hydroxyl groups is 1. The molecule has 0 bridgehead atoms. The molecule has 1 aliphatic heterocycles. The zero-order valence-corrected chi connectivity index (χ0v) is 17.7. The number of carbonyl (C=O) groups excluding carboxylic acids is 1. The summed E-state index contributed by atoms with van der Waals surface area (Å²) < 4.78 is 10.2. The Balaban J connectivity index is 0.00000338. The molecule has 2 rings (SSSR count). The summed E-state index contributed by atoms with van der Waals surface area (Å²) >= 11 is 0. The van der Waals surface area contributed by atoms with Crippen LogP contribution in [0.5, 0.6) is 11.5 Å². The molecule has 26 heavy (non-hydrogen) atoms. The summed E-state index contributed by atoms with van der Waals surface area (Å²) in [7, 11) is 3.30. The Morgan fingerprint density at radius 1 is 1.27 bits per heavy atom. The van der Waals surface area contributed by atoms with E-state index in [1.165, 1.54) is 0 Å². The first kappa shape index (κ1) is 22.1. The van der Waals surface area contributed by atoms with Crippen molar-refractivity contribution in [2.24, 2.45) is 4.99 Å². The van der Waals surface area contributed by atoms with E-state index in [1.54, 1.807) is 44.2 Å². The third kappa shape index (κ3) is 5.82. The highest BCUT2D eigenvalue weighted by Crippen LogP contribution is 2.22. The average molecular weight is 478 g/mol. The van der Waals surface area contributed by atoms with Gasteiger partial charge in [-0.05, 0) is 25.1 Å². The first-order valence-corrected chi connectivity index (χ1v) is 8.32. The first-order valence-electron chi connectivity index (χ1n) is 8.32. The number of hydrogen-bond donors (Lipinski definition) is 2. The maximum Gasteiger partial charge on any atom is 0.409 e. The summed E-state index contributed by atoms with van der Waals surface area (Å²) in [6, 6.07) is 5.10. The largest absolute Gasteiger partial charge is 0.508 e. The number of phenols is 1. The minimum Gasteiger partial charge on any atom is -0.508 e. The Hall–Kier alpha value is -1.91. The molecule has 1 aliphatic rings. The van der Waals surface area contributed by atoms with Crippen LogP contribution in [0.1, 0.15) is 12.5 Å². The normalized spacial score (nSPS) is 14.5. The maximum atomic E-state index is 11.8. The smallest absolute Gasteiger partial charge is 0.409 e. The number of amides is 1. The number of hydrogen-bond acceptors (Lipinski definition) is 5.